The molecule has 0 amide bonds. The number of nitrogens with zero attached hydrogens (tertiary/aromatic N) is 4. The van der Waals surface area contributed by atoms with Crippen LogP contribution in [-0.4, -0.2) is 47.1 Å². The summed E-state index contributed by atoms with van der Waals surface area (Å²) in [5, 5.41) is 2.36. The smallest absolute Gasteiger partial charge is 0.129 e. The monoisotopic (exact) mass is 486 g/mol. The van der Waals surface area contributed by atoms with Crippen LogP contribution in [0, 0.1) is 5.92 Å². The second-order valence-corrected chi connectivity index (χ2v) is 11.5. The molecule has 4 nitrogen and oxygen atoms in total. The second-order valence-electron chi connectivity index (χ2n) is 10.2. The van der Waals surface area contributed by atoms with Crippen molar-refractivity contribution in [1.82, 2.24) is 14.9 Å². The Hall–Kier alpha value is -2.63. The van der Waals surface area contributed by atoms with Crippen LogP contribution < -0.4 is 4.90 Å². The number of allylic oxidation sites excluding steroid dienone is 2. The van der Waals surface area contributed by atoms with Crippen molar-refractivity contribution < 1.29 is 0 Å². The van der Waals surface area contributed by atoms with Crippen molar-refractivity contribution in [3.8, 4) is 11.3 Å². The third-order valence-electron chi connectivity index (χ3n) is 6.47. The predicted molar refractivity (Wildman–Crippen MR) is 154 cm³/mol. The van der Waals surface area contributed by atoms with Crippen molar-refractivity contribution >= 4 is 33.3 Å². The highest BCUT2D eigenvalue weighted by Gasteiger charge is 2.20. The topological polar surface area (TPSA) is 32.3 Å². The van der Waals surface area contributed by atoms with Crippen LogP contribution in [0.3, 0.4) is 0 Å². The first-order valence-electron chi connectivity index (χ1n) is 12.7. The number of aromatic nitrogens is 2. The van der Waals surface area contributed by atoms with Gasteiger partial charge in [-0.05, 0) is 73.2 Å². The van der Waals surface area contributed by atoms with Crippen LogP contribution in [0.5, 0.6) is 0 Å². The lowest BCUT2D eigenvalue weighted by molar-refractivity contribution is 0.209. The van der Waals surface area contributed by atoms with Gasteiger partial charge in [0.1, 0.15) is 5.82 Å². The van der Waals surface area contributed by atoms with Gasteiger partial charge in [-0.15, -0.1) is 0 Å². The largest absolute Gasteiger partial charge is 0.354 e. The van der Waals surface area contributed by atoms with Gasteiger partial charge in [0, 0.05) is 60.5 Å². The Morgan fingerprint density at radius 3 is 2.46 bits per heavy atom. The summed E-state index contributed by atoms with van der Waals surface area (Å²) < 4.78 is 0. The normalized spacial score (nSPS) is 15.4. The van der Waals surface area contributed by atoms with Gasteiger partial charge < -0.3 is 4.90 Å². The molecule has 1 fully saturated rings. The van der Waals surface area contributed by atoms with Crippen LogP contribution in [-0.2, 0) is 0 Å². The number of fused-ring (bicyclic) bond motifs is 1. The van der Waals surface area contributed by atoms with Gasteiger partial charge in [-0.25, -0.2) is 4.98 Å². The van der Waals surface area contributed by atoms with Gasteiger partial charge in [-0.2, -0.15) is 0 Å². The lowest BCUT2D eigenvalue weighted by Crippen LogP contribution is -2.49. The number of hydrogen-bond donors (Lipinski definition) is 0. The van der Waals surface area contributed by atoms with E-state index < -0.39 is 0 Å². The number of hydrogen-bond acceptors (Lipinski definition) is 5. The summed E-state index contributed by atoms with van der Waals surface area (Å²) in [5.74, 6) is 1.67. The molecular weight excluding hydrogens is 448 g/mol. The molecule has 1 aromatic carbocycles. The molecular formula is C30H38N4S. The minimum atomic E-state index is 0.595. The standard InChI is InChI=1S/C30H38N4S/c1-21(2)7-10-29(35-23(5)6)25-8-9-26-20-32-28(18-27(26)17-25)24-11-12-31-30(19-24)34-15-13-33(14-16-34)22(3)4/h8-12,17-22H,5,7,13-16H2,1-4,6H3/b29-10+. The van der Waals surface area contributed by atoms with E-state index in [1.165, 1.54) is 15.9 Å². The van der Waals surface area contributed by atoms with Crippen molar-refractivity contribution in [1.29, 1.82) is 0 Å². The molecule has 0 unspecified atom stereocenters. The summed E-state index contributed by atoms with van der Waals surface area (Å²) in [6.07, 6.45) is 7.30. The van der Waals surface area contributed by atoms with Crippen LogP contribution in [0.25, 0.3) is 26.9 Å². The number of rotatable bonds is 8. The fourth-order valence-corrected chi connectivity index (χ4v) is 5.22. The van der Waals surface area contributed by atoms with E-state index in [0.29, 0.717) is 12.0 Å². The molecule has 3 heterocycles. The molecule has 184 valence electrons. The molecule has 0 N–H and O–H groups in total. The number of benzene rings is 1. The maximum atomic E-state index is 4.79. The van der Waals surface area contributed by atoms with Gasteiger partial charge in [0.2, 0.25) is 0 Å². The van der Waals surface area contributed by atoms with Crippen LogP contribution in [0.15, 0.2) is 66.4 Å². The Bertz CT molecular complexity index is 1210. The highest BCUT2D eigenvalue weighted by atomic mass is 32.2. The van der Waals surface area contributed by atoms with E-state index in [4.69, 9.17) is 4.98 Å². The van der Waals surface area contributed by atoms with Crippen molar-refractivity contribution in [2.24, 2.45) is 5.92 Å². The summed E-state index contributed by atoms with van der Waals surface area (Å²) in [6.45, 7) is 19.4. The van der Waals surface area contributed by atoms with E-state index in [-0.39, 0.29) is 0 Å². The zero-order chi connectivity index (χ0) is 24.9. The van der Waals surface area contributed by atoms with Crippen molar-refractivity contribution in [3.05, 3.63) is 71.9 Å². The number of piperazine rings is 1. The quantitative estimate of drug-likeness (QED) is 0.329. The molecule has 4 rings (SSSR count). The van der Waals surface area contributed by atoms with Gasteiger partial charge in [0.15, 0.2) is 0 Å². The molecule has 1 aliphatic rings. The van der Waals surface area contributed by atoms with Crippen molar-refractivity contribution in [2.45, 2.75) is 47.1 Å². The average molecular weight is 487 g/mol. The highest BCUT2D eigenvalue weighted by molar-refractivity contribution is 8.11. The van der Waals surface area contributed by atoms with Gasteiger partial charge in [0.25, 0.3) is 0 Å². The molecule has 0 radical (unpaired) electrons. The molecule has 0 saturated carbocycles. The van der Waals surface area contributed by atoms with E-state index in [1.807, 2.05) is 12.4 Å². The summed E-state index contributed by atoms with van der Waals surface area (Å²) in [4.78, 5) is 16.8. The molecule has 35 heavy (non-hydrogen) atoms. The fraction of sp³-hybridized carbons (Fsp3) is 0.400. The van der Waals surface area contributed by atoms with E-state index in [1.54, 1.807) is 11.8 Å². The molecule has 0 aliphatic carbocycles. The zero-order valence-corrected chi connectivity index (χ0v) is 22.6. The van der Waals surface area contributed by atoms with Crippen molar-refractivity contribution in [3.63, 3.8) is 0 Å². The summed E-state index contributed by atoms with van der Waals surface area (Å²) in [7, 11) is 0. The third kappa shape index (κ3) is 6.53. The minimum Gasteiger partial charge on any atom is -0.354 e. The second kappa shape index (κ2) is 11.4. The molecule has 3 aromatic rings. The van der Waals surface area contributed by atoms with E-state index >= 15 is 0 Å². The summed E-state index contributed by atoms with van der Waals surface area (Å²) >= 11 is 1.76. The molecule has 0 bridgehead atoms. The first-order valence-corrected chi connectivity index (χ1v) is 13.5. The molecule has 1 saturated heterocycles. The maximum absolute atomic E-state index is 4.79. The maximum Gasteiger partial charge on any atom is 0.129 e. The van der Waals surface area contributed by atoms with Crippen LogP contribution in [0.1, 0.15) is 46.6 Å². The van der Waals surface area contributed by atoms with E-state index in [0.717, 1.165) is 60.0 Å². The Morgan fingerprint density at radius 1 is 1.00 bits per heavy atom. The predicted octanol–water partition coefficient (Wildman–Crippen LogP) is 7.48. The summed E-state index contributed by atoms with van der Waals surface area (Å²) in [5.41, 5.74) is 3.33. The minimum absolute atomic E-state index is 0.595. The molecule has 0 spiro atoms. The molecule has 2 aromatic heterocycles. The number of anilines is 1. The Labute approximate surface area is 215 Å². The number of pyridine rings is 2. The van der Waals surface area contributed by atoms with E-state index in [9.17, 15) is 0 Å². The SMILES string of the molecule is C=C(C)S/C(=C/CC(C)C)c1ccc2cnc(-c3ccnc(N4CCN(C(C)C)CC4)c3)cc2c1. The van der Waals surface area contributed by atoms with Crippen LogP contribution in [0.4, 0.5) is 5.82 Å². The molecule has 1 aliphatic heterocycles. The van der Waals surface area contributed by atoms with Crippen LogP contribution >= 0.6 is 11.8 Å². The fourth-order valence-electron chi connectivity index (χ4n) is 4.42. The van der Waals surface area contributed by atoms with Gasteiger partial charge in [0.05, 0.1) is 5.69 Å². The Kier molecular flexibility index (Phi) is 8.30. The average Bonchev–Trinajstić information content (AvgIpc) is 2.85. The summed E-state index contributed by atoms with van der Waals surface area (Å²) in [6, 6.07) is 13.7. The van der Waals surface area contributed by atoms with Crippen LogP contribution in [0.2, 0.25) is 0 Å². The third-order valence-corrected chi connectivity index (χ3v) is 7.45. The Morgan fingerprint density at radius 2 is 1.77 bits per heavy atom. The van der Waals surface area contributed by atoms with Gasteiger partial charge >= 0.3 is 0 Å². The first-order chi connectivity index (χ1) is 16.8. The highest BCUT2D eigenvalue weighted by Crippen LogP contribution is 2.35. The van der Waals surface area contributed by atoms with Gasteiger partial charge in [-0.1, -0.05) is 50.4 Å². The van der Waals surface area contributed by atoms with Crippen molar-refractivity contribution in [2.75, 3.05) is 31.1 Å². The van der Waals surface area contributed by atoms with Gasteiger partial charge in [-0.3, -0.25) is 9.88 Å². The zero-order valence-electron chi connectivity index (χ0n) is 21.8. The van der Waals surface area contributed by atoms with E-state index in [2.05, 4.69) is 98.5 Å². The number of thioether (sulfide) groups is 1. The lowest BCUT2D eigenvalue weighted by atomic mass is 10.0. The molecule has 0 atom stereocenters. The Balaban J connectivity index is 1.61. The first kappa shape index (κ1) is 25.5. The lowest BCUT2D eigenvalue weighted by Gasteiger charge is -2.37. The molecule has 5 heteroatoms.